The fourth-order valence-corrected chi connectivity index (χ4v) is 4.49. The standard InChI is InChI=1S/C15H26N2O2.ClH/c1-2-15(3-7-16-8-4-15)19-13(1)17-9-5-14(11-17)6-10-18-12-14;/h13,16H,1-12H2;1H. The number of piperidine rings is 1. The van der Waals surface area contributed by atoms with E-state index in [9.17, 15) is 0 Å². The van der Waals surface area contributed by atoms with Crippen molar-refractivity contribution in [2.24, 2.45) is 5.41 Å². The van der Waals surface area contributed by atoms with Gasteiger partial charge in [0.1, 0.15) is 6.23 Å². The molecule has 0 aromatic heterocycles. The van der Waals surface area contributed by atoms with Crippen molar-refractivity contribution >= 4 is 12.4 Å². The van der Waals surface area contributed by atoms with Crippen LogP contribution in [0, 0.1) is 5.41 Å². The van der Waals surface area contributed by atoms with Crippen LogP contribution in [0.5, 0.6) is 0 Å². The summed E-state index contributed by atoms with van der Waals surface area (Å²) in [5, 5.41) is 3.45. The average molecular weight is 303 g/mol. The summed E-state index contributed by atoms with van der Waals surface area (Å²) in [5.41, 5.74) is 0.672. The van der Waals surface area contributed by atoms with Gasteiger partial charge in [-0.05, 0) is 51.6 Å². The third-order valence-electron chi connectivity index (χ3n) is 5.81. The van der Waals surface area contributed by atoms with E-state index in [0.29, 0.717) is 11.6 Å². The summed E-state index contributed by atoms with van der Waals surface area (Å²) in [4.78, 5) is 2.60. The average Bonchev–Trinajstić information content (AvgIpc) is 3.14. The van der Waals surface area contributed by atoms with E-state index in [4.69, 9.17) is 9.47 Å². The molecular formula is C15H27ClN2O2. The maximum absolute atomic E-state index is 6.52. The quantitative estimate of drug-likeness (QED) is 0.800. The molecule has 116 valence electrons. The van der Waals surface area contributed by atoms with Crippen LogP contribution in [-0.4, -0.2) is 56.1 Å². The summed E-state index contributed by atoms with van der Waals surface area (Å²) < 4.78 is 12.1. The molecule has 4 fully saturated rings. The third-order valence-corrected chi connectivity index (χ3v) is 5.81. The van der Waals surface area contributed by atoms with Gasteiger partial charge in [0.05, 0.1) is 12.2 Å². The van der Waals surface area contributed by atoms with E-state index >= 15 is 0 Å². The Hall–Kier alpha value is 0.130. The Labute approximate surface area is 128 Å². The fourth-order valence-electron chi connectivity index (χ4n) is 4.49. The maximum atomic E-state index is 6.52. The van der Waals surface area contributed by atoms with Gasteiger partial charge in [0.25, 0.3) is 0 Å². The topological polar surface area (TPSA) is 33.7 Å². The lowest BCUT2D eigenvalue weighted by Gasteiger charge is -2.35. The van der Waals surface area contributed by atoms with Gasteiger partial charge in [-0.2, -0.15) is 0 Å². The Morgan fingerprint density at radius 3 is 2.65 bits per heavy atom. The number of nitrogens with zero attached hydrogens (tertiary/aromatic N) is 1. The van der Waals surface area contributed by atoms with Gasteiger partial charge in [-0.15, -0.1) is 12.4 Å². The molecule has 2 atom stereocenters. The summed E-state index contributed by atoms with van der Waals surface area (Å²) in [6, 6.07) is 0. The molecule has 5 heteroatoms. The van der Waals surface area contributed by atoms with E-state index in [1.165, 1.54) is 51.6 Å². The molecule has 4 aliphatic rings. The Kier molecular flexibility index (Phi) is 4.31. The second kappa shape index (κ2) is 5.73. The molecule has 0 bridgehead atoms. The smallest absolute Gasteiger partial charge is 0.111 e. The molecule has 0 radical (unpaired) electrons. The highest BCUT2D eigenvalue weighted by Crippen LogP contribution is 2.44. The van der Waals surface area contributed by atoms with Crippen LogP contribution in [0.3, 0.4) is 0 Å². The van der Waals surface area contributed by atoms with Crippen LogP contribution in [-0.2, 0) is 9.47 Å². The number of hydrogen-bond acceptors (Lipinski definition) is 4. The minimum atomic E-state index is 0. The molecular weight excluding hydrogens is 276 g/mol. The predicted octanol–water partition coefficient (Wildman–Crippen LogP) is 1.78. The molecule has 4 rings (SSSR count). The molecule has 4 aliphatic heterocycles. The molecule has 20 heavy (non-hydrogen) atoms. The van der Waals surface area contributed by atoms with Crippen molar-refractivity contribution in [1.29, 1.82) is 0 Å². The van der Waals surface area contributed by atoms with Crippen LogP contribution in [0.15, 0.2) is 0 Å². The van der Waals surface area contributed by atoms with Gasteiger partial charge in [0, 0.05) is 25.1 Å². The SMILES string of the molecule is C1CC2(CCN1)CCC(N1CCC3(CCOC3)C1)O2.Cl. The summed E-state index contributed by atoms with van der Waals surface area (Å²) in [5.74, 6) is 0. The molecule has 0 amide bonds. The Balaban J connectivity index is 0.00000121. The monoisotopic (exact) mass is 302 g/mol. The van der Waals surface area contributed by atoms with Crippen molar-refractivity contribution in [2.45, 2.75) is 50.4 Å². The van der Waals surface area contributed by atoms with Gasteiger partial charge in [-0.3, -0.25) is 4.90 Å². The molecule has 0 saturated carbocycles. The first-order valence-corrected chi connectivity index (χ1v) is 8.00. The molecule has 4 heterocycles. The second-order valence-corrected chi connectivity index (χ2v) is 7.07. The maximum Gasteiger partial charge on any atom is 0.111 e. The van der Waals surface area contributed by atoms with Gasteiger partial charge in [-0.1, -0.05) is 0 Å². The summed E-state index contributed by atoms with van der Waals surface area (Å²) in [6.07, 6.45) is 7.85. The van der Waals surface area contributed by atoms with Crippen molar-refractivity contribution < 1.29 is 9.47 Å². The lowest BCUT2D eigenvalue weighted by Crippen LogP contribution is -2.44. The third kappa shape index (κ3) is 2.61. The predicted molar refractivity (Wildman–Crippen MR) is 80.2 cm³/mol. The number of hydrogen-bond donors (Lipinski definition) is 1. The molecule has 0 aliphatic carbocycles. The summed E-state index contributed by atoms with van der Waals surface area (Å²) in [7, 11) is 0. The zero-order valence-electron chi connectivity index (χ0n) is 12.2. The first-order valence-electron chi connectivity index (χ1n) is 8.00. The number of halogens is 1. The van der Waals surface area contributed by atoms with Crippen LogP contribution in [0.1, 0.15) is 38.5 Å². The van der Waals surface area contributed by atoms with Gasteiger partial charge in [0.15, 0.2) is 0 Å². The number of likely N-dealkylation sites (tertiary alicyclic amines) is 1. The van der Waals surface area contributed by atoms with Crippen LogP contribution >= 0.6 is 12.4 Å². The Morgan fingerprint density at radius 1 is 1.05 bits per heavy atom. The zero-order chi connectivity index (χ0) is 12.8. The van der Waals surface area contributed by atoms with Gasteiger partial charge in [0.2, 0.25) is 0 Å². The summed E-state index contributed by atoms with van der Waals surface area (Å²) >= 11 is 0. The molecule has 1 N–H and O–H groups in total. The summed E-state index contributed by atoms with van der Waals surface area (Å²) in [6.45, 7) is 6.61. The fraction of sp³-hybridized carbons (Fsp3) is 1.00. The minimum Gasteiger partial charge on any atom is -0.381 e. The van der Waals surface area contributed by atoms with Crippen molar-refractivity contribution in [3.63, 3.8) is 0 Å². The van der Waals surface area contributed by atoms with E-state index in [1.54, 1.807) is 0 Å². The first-order chi connectivity index (χ1) is 9.29. The highest BCUT2D eigenvalue weighted by atomic mass is 35.5. The number of rotatable bonds is 1. The first kappa shape index (κ1) is 15.0. The highest BCUT2D eigenvalue weighted by Gasteiger charge is 2.48. The molecule has 0 aromatic carbocycles. The van der Waals surface area contributed by atoms with E-state index in [-0.39, 0.29) is 18.0 Å². The zero-order valence-corrected chi connectivity index (χ0v) is 13.1. The van der Waals surface area contributed by atoms with Crippen LogP contribution < -0.4 is 5.32 Å². The Morgan fingerprint density at radius 2 is 1.90 bits per heavy atom. The van der Waals surface area contributed by atoms with E-state index < -0.39 is 0 Å². The highest BCUT2D eigenvalue weighted by molar-refractivity contribution is 5.85. The van der Waals surface area contributed by atoms with E-state index in [1.807, 2.05) is 0 Å². The molecule has 2 spiro atoms. The normalized spacial score (nSPS) is 40.5. The van der Waals surface area contributed by atoms with Gasteiger partial charge >= 0.3 is 0 Å². The molecule has 2 unspecified atom stereocenters. The largest absolute Gasteiger partial charge is 0.381 e. The van der Waals surface area contributed by atoms with Crippen molar-refractivity contribution in [3.05, 3.63) is 0 Å². The molecule has 4 nitrogen and oxygen atoms in total. The second-order valence-electron chi connectivity index (χ2n) is 7.07. The van der Waals surface area contributed by atoms with Crippen molar-refractivity contribution in [3.8, 4) is 0 Å². The Bertz CT molecular complexity index is 341. The van der Waals surface area contributed by atoms with Gasteiger partial charge in [-0.25, -0.2) is 0 Å². The molecule has 0 aromatic rings. The van der Waals surface area contributed by atoms with Crippen molar-refractivity contribution in [1.82, 2.24) is 10.2 Å². The molecule has 4 saturated heterocycles. The van der Waals surface area contributed by atoms with Gasteiger partial charge < -0.3 is 14.8 Å². The lowest BCUT2D eigenvalue weighted by molar-refractivity contribution is -0.114. The van der Waals surface area contributed by atoms with Crippen molar-refractivity contribution in [2.75, 3.05) is 39.4 Å². The van der Waals surface area contributed by atoms with Crippen LogP contribution in [0.4, 0.5) is 0 Å². The number of nitrogens with one attached hydrogen (secondary N) is 1. The van der Waals surface area contributed by atoms with E-state index in [2.05, 4.69) is 10.2 Å². The van der Waals surface area contributed by atoms with Crippen LogP contribution in [0.25, 0.3) is 0 Å². The van der Waals surface area contributed by atoms with E-state index in [0.717, 1.165) is 26.3 Å². The van der Waals surface area contributed by atoms with Crippen LogP contribution in [0.2, 0.25) is 0 Å². The number of ether oxygens (including phenoxy) is 2. The lowest BCUT2D eigenvalue weighted by atomic mass is 9.87. The minimum absolute atomic E-state index is 0.